The highest BCUT2D eigenvalue weighted by atomic mass is 19.1. The Bertz CT molecular complexity index is 1150. The molecule has 2 aromatic carbocycles. The number of halogens is 1. The average molecular weight is 461 g/mol. The van der Waals surface area contributed by atoms with Crippen molar-refractivity contribution in [2.75, 3.05) is 36.4 Å². The Morgan fingerprint density at radius 1 is 1.00 bits per heavy atom. The normalized spacial score (nSPS) is 17.9. The van der Waals surface area contributed by atoms with E-state index in [-0.39, 0.29) is 29.7 Å². The molecule has 2 amide bonds. The number of carbonyl (C=O) groups excluding carboxylic acids is 2. The van der Waals surface area contributed by atoms with Crippen LogP contribution >= 0.6 is 0 Å². The summed E-state index contributed by atoms with van der Waals surface area (Å²) in [4.78, 5) is 28.8. The molecule has 0 unspecified atom stereocenters. The molecular formula is C25H24FN5O3. The molecular weight excluding hydrogens is 437 g/mol. The third-order valence-corrected chi connectivity index (χ3v) is 6.08. The number of hydrogen-bond donors (Lipinski definition) is 1. The van der Waals surface area contributed by atoms with Crippen LogP contribution in [0.1, 0.15) is 16.8 Å². The summed E-state index contributed by atoms with van der Waals surface area (Å²) in [5.41, 5.74) is 1.17. The Labute approximate surface area is 196 Å². The largest absolute Gasteiger partial charge is 0.489 e. The first-order valence-electron chi connectivity index (χ1n) is 11.2. The molecule has 174 valence electrons. The molecule has 2 fully saturated rings. The van der Waals surface area contributed by atoms with Gasteiger partial charge in [-0.15, -0.1) is 5.10 Å². The minimum absolute atomic E-state index is 0.0282. The van der Waals surface area contributed by atoms with Crippen LogP contribution in [-0.4, -0.2) is 59.2 Å². The van der Waals surface area contributed by atoms with Crippen LogP contribution in [0.4, 0.5) is 15.9 Å². The van der Waals surface area contributed by atoms with Crippen LogP contribution < -0.4 is 15.0 Å². The number of amides is 2. The zero-order chi connectivity index (χ0) is 23.5. The van der Waals surface area contributed by atoms with E-state index in [0.717, 1.165) is 12.2 Å². The number of carbonyl (C=O) groups is 2. The lowest BCUT2D eigenvalue weighted by atomic mass is 9.99. The van der Waals surface area contributed by atoms with Gasteiger partial charge < -0.3 is 19.9 Å². The van der Waals surface area contributed by atoms with Crippen LogP contribution in [0.2, 0.25) is 0 Å². The second-order valence-electron chi connectivity index (χ2n) is 8.48. The van der Waals surface area contributed by atoms with Crippen molar-refractivity contribution in [3.63, 3.8) is 0 Å². The summed E-state index contributed by atoms with van der Waals surface area (Å²) in [7, 11) is 0. The molecule has 0 saturated carbocycles. The van der Waals surface area contributed by atoms with Gasteiger partial charge in [-0.2, -0.15) is 5.10 Å². The highest BCUT2D eigenvalue weighted by Crippen LogP contribution is 2.25. The van der Waals surface area contributed by atoms with E-state index in [0.29, 0.717) is 43.2 Å². The van der Waals surface area contributed by atoms with E-state index in [4.69, 9.17) is 4.74 Å². The van der Waals surface area contributed by atoms with Crippen molar-refractivity contribution in [2.45, 2.75) is 12.5 Å². The van der Waals surface area contributed by atoms with Gasteiger partial charge in [0.25, 0.3) is 5.91 Å². The summed E-state index contributed by atoms with van der Waals surface area (Å²) in [5, 5.41) is 10.9. The molecule has 3 aromatic rings. The van der Waals surface area contributed by atoms with Crippen LogP contribution in [0.5, 0.6) is 5.75 Å². The number of likely N-dealkylation sites (tertiary alicyclic amines) is 1. The maximum atomic E-state index is 13.1. The van der Waals surface area contributed by atoms with Crippen LogP contribution in [0.25, 0.3) is 0 Å². The van der Waals surface area contributed by atoms with Crippen LogP contribution in [0.15, 0.2) is 66.9 Å². The van der Waals surface area contributed by atoms with Crippen molar-refractivity contribution in [3.05, 3.63) is 78.2 Å². The lowest BCUT2D eigenvalue weighted by Gasteiger charge is -2.38. The van der Waals surface area contributed by atoms with E-state index in [1.165, 1.54) is 24.3 Å². The summed E-state index contributed by atoms with van der Waals surface area (Å²) in [6, 6.07) is 16.5. The first-order valence-corrected chi connectivity index (χ1v) is 11.2. The highest BCUT2D eigenvalue weighted by molar-refractivity contribution is 5.95. The molecule has 1 aromatic heterocycles. The van der Waals surface area contributed by atoms with Crippen LogP contribution in [-0.2, 0) is 4.79 Å². The standard InChI is InChI=1S/C25H24FN5O3/c26-19-5-3-17(4-6-19)25(33)30-13-11-22(16-30)34-21-9-7-20(8-10-21)28-24(32)18-14-31(15-18)23-2-1-12-27-29-23/h1-10,12,18,22H,11,13-16H2,(H,28,32)/t22-/m1/s1. The second kappa shape index (κ2) is 9.46. The summed E-state index contributed by atoms with van der Waals surface area (Å²) < 4.78 is 19.1. The minimum atomic E-state index is -0.365. The van der Waals surface area contributed by atoms with Crippen LogP contribution in [0.3, 0.4) is 0 Å². The Morgan fingerprint density at radius 3 is 2.47 bits per heavy atom. The van der Waals surface area contributed by atoms with E-state index in [9.17, 15) is 14.0 Å². The van der Waals surface area contributed by atoms with Gasteiger partial charge in [-0.1, -0.05) is 0 Å². The Hall–Kier alpha value is -4.01. The summed E-state index contributed by atoms with van der Waals surface area (Å²) in [6.45, 7) is 2.28. The fourth-order valence-corrected chi connectivity index (χ4v) is 4.13. The van der Waals surface area contributed by atoms with E-state index < -0.39 is 0 Å². The maximum absolute atomic E-state index is 13.1. The molecule has 0 spiro atoms. The SMILES string of the molecule is O=C(Nc1ccc(O[C@@H]2CCN(C(=O)c3ccc(F)cc3)C2)cc1)C1CN(c2cccnn2)C1. The van der Waals surface area contributed by atoms with E-state index >= 15 is 0 Å². The van der Waals surface area contributed by atoms with Gasteiger partial charge in [-0.25, -0.2) is 4.39 Å². The van der Waals surface area contributed by atoms with Crippen molar-refractivity contribution in [3.8, 4) is 5.75 Å². The van der Waals surface area contributed by atoms with Gasteiger partial charge >= 0.3 is 0 Å². The van der Waals surface area contributed by atoms with Crippen molar-refractivity contribution in [1.82, 2.24) is 15.1 Å². The van der Waals surface area contributed by atoms with Crippen molar-refractivity contribution >= 4 is 23.3 Å². The number of aromatic nitrogens is 2. The van der Waals surface area contributed by atoms with Crippen molar-refractivity contribution < 1.29 is 18.7 Å². The van der Waals surface area contributed by atoms with Gasteiger partial charge in [0.15, 0.2) is 5.82 Å². The maximum Gasteiger partial charge on any atom is 0.253 e. The topological polar surface area (TPSA) is 87.7 Å². The summed E-state index contributed by atoms with van der Waals surface area (Å²) >= 11 is 0. The third-order valence-electron chi connectivity index (χ3n) is 6.08. The minimum Gasteiger partial charge on any atom is -0.489 e. The number of ether oxygens (including phenoxy) is 1. The van der Waals surface area contributed by atoms with Gasteiger partial charge in [0, 0.05) is 43.5 Å². The van der Waals surface area contributed by atoms with Gasteiger partial charge in [0.1, 0.15) is 17.7 Å². The molecule has 5 rings (SSSR count). The van der Waals surface area contributed by atoms with Crippen molar-refractivity contribution in [1.29, 1.82) is 0 Å². The lowest BCUT2D eigenvalue weighted by molar-refractivity contribution is -0.120. The van der Waals surface area contributed by atoms with Gasteiger partial charge in [-0.3, -0.25) is 9.59 Å². The lowest BCUT2D eigenvalue weighted by Crippen LogP contribution is -2.52. The van der Waals surface area contributed by atoms with E-state index in [1.807, 2.05) is 41.3 Å². The number of hydrogen-bond acceptors (Lipinski definition) is 6. The van der Waals surface area contributed by atoms with E-state index in [2.05, 4.69) is 15.5 Å². The Kier molecular flexibility index (Phi) is 6.07. The summed E-state index contributed by atoms with van der Waals surface area (Å²) in [6.07, 6.45) is 2.22. The average Bonchev–Trinajstić information content (AvgIpc) is 3.29. The first-order chi connectivity index (χ1) is 16.5. The van der Waals surface area contributed by atoms with Gasteiger partial charge in [0.05, 0.1) is 12.5 Å². The highest BCUT2D eigenvalue weighted by Gasteiger charge is 2.33. The Morgan fingerprint density at radius 2 is 1.76 bits per heavy atom. The monoisotopic (exact) mass is 461 g/mol. The molecule has 9 heteroatoms. The molecule has 3 heterocycles. The molecule has 1 N–H and O–H groups in total. The molecule has 34 heavy (non-hydrogen) atoms. The summed E-state index contributed by atoms with van der Waals surface area (Å²) in [5.74, 6) is 0.837. The second-order valence-corrected chi connectivity index (χ2v) is 8.48. The molecule has 1 atom stereocenters. The zero-order valence-corrected chi connectivity index (χ0v) is 18.4. The predicted octanol–water partition coefficient (Wildman–Crippen LogP) is 2.98. The van der Waals surface area contributed by atoms with Gasteiger partial charge in [-0.05, 0) is 60.7 Å². The number of nitrogens with zero attached hydrogens (tertiary/aromatic N) is 4. The molecule has 0 bridgehead atoms. The Balaban J connectivity index is 1.09. The fourth-order valence-electron chi connectivity index (χ4n) is 4.13. The van der Waals surface area contributed by atoms with E-state index in [1.54, 1.807) is 11.1 Å². The molecule has 2 saturated heterocycles. The molecule has 0 aliphatic carbocycles. The number of rotatable bonds is 6. The fraction of sp³-hybridized carbons (Fsp3) is 0.280. The van der Waals surface area contributed by atoms with Crippen LogP contribution in [0, 0.1) is 11.7 Å². The quantitative estimate of drug-likeness (QED) is 0.607. The third kappa shape index (κ3) is 4.83. The number of nitrogens with one attached hydrogen (secondary N) is 1. The zero-order valence-electron chi connectivity index (χ0n) is 18.4. The molecule has 2 aliphatic heterocycles. The molecule has 0 radical (unpaired) electrons. The van der Waals surface area contributed by atoms with Crippen molar-refractivity contribution in [2.24, 2.45) is 5.92 Å². The number of benzene rings is 2. The molecule has 8 nitrogen and oxygen atoms in total. The predicted molar refractivity (Wildman–Crippen MR) is 124 cm³/mol. The van der Waals surface area contributed by atoms with Gasteiger partial charge in [0.2, 0.25) is 5.91 Å². The molecule has 2 aliphatic rings. The first kappa shape index (κ1) is 21.8. The smallest absolute Gasteiger partial charge is 0.253 e. The number of anilines is 2.